The van der Waals surface area contributed by atoms with Crippen molar-refractivity contribution in [1.82, 2.24) is 14.5 Å². The van der Waals surface area contributed by atoms with Crippen LogP contribution in [0.4, 0.5) is 8.78 Å². The number of hydrogen-bond acceptors (Lipinski definition) is 9. The molecule has 5 rings (SSSR count). The summed E-state index contributed by atoms with van der Waals surface area (Å²) in [5, 5.41) is 18.0. The monoisotopic (exact) mass is 629 g/mol. The van der Waals surface area contributed by atoms with E-state index in [0.717, 1.165) is 0 Å². The van der Waals surface area contributed by atoms with Gasteiger partial charge in [-0.05, 0) is 61.4 Å². The van der Waals surface area contributed by atoms with E-state index in [4.69, 9.17) is 30.1 Å². The van der Waals surface area contributed by atoms with Gasteiger partial charge in [0.05, 0.1) is 6.61 Å². The van der Waals surface area contributed by atoms with Gasteiger partial charge in [-0.3, -0.25) is 10.2 Å². The molecule has 0 aliphatic rings. The van der Waals surface area contributed by atoms with Crippen LogP contribution in [0.25, 0.3) is 11.4 Å². The molecule has 0 atom stereocenters. The van der Waals surface area contributed by atoms with Gasteiger partial charge in [0.2, 0.25) is 17.4 Å². The van der Waals surface area contributed by atoms with Crippen molar-refractivity contribution < 1.29 is 37.6 Å². The molecular formula is C33H29F2N5O6. The lowest BCUT2D eigenvalue weighted by atomic mass is 10.1. The highest BCUT2D eigenvalue weighted by Gasteiger charge is 2.27. The van der Waals surface area contributed by atoms with E-state index in [-0.39, 0.29) is 47.6 Å². The Morgan fingerprint density at radius 1 is 0.978 bits per heavy atom. The van der Waals surface area contributed by atoms with Crippen molar-refractivity contribution in [2.45, 2.75) is 19.8 Å². The third-order valence-electron chi connectivity index (χ3n) is 6.62. The fourth-order valence-corrected chi connectivity index (χ4v) is 4.39. The van der Waals surface area contributed by atoms with Crippen LogP contribution in [0.1, 0.15) is 24.5 Å². The van der Waals surface area contributed by atoms with Gasteiger partial charge < -0.3 is 34.4 Å². The topological polar surface area (TPSA) is 155 Å². The number of nitrogens with one attached hydrogen (secondary N) is 1. The fraction of sp³-hybridized carbons (Fsp3) is 0.152. The molecule has 2 aromatic heterocycles. The van der Waals surface area contributed by atoms with E-state index in [2.05, 4.69) is 9.97 Å². The first-order valence-corrected chi connectivity index (χ1v) is 14.0. The van der Waals surface area contributed by atoms with Crippen molar-refractivity contribution in [3.63, 3.8) is 0 Å². The number of benzene rings is 3. The van der Waals surface area contributed by atoms with E-state index in [1.807, 2.05) is 7.05 Å². The predicted molar refractivity (Wildman–Crippen MR) is 164 cm³/mol. The molecule has 46 heavy (non-hydrogen) atoms. The highest BCUT2D eigenvalue weighted by Crippen LogP contribution is 2.41. The molecule has 0 aliphatic carbocycles. The number of aromatic nitrogens is 3. The number of phenols is 1. The van der Waals surface area contributed by atoms with Crippen molar-refractivity contribution in [1.29, 1.82) is 5.41 Å². The summed E-state index contributed by atoms with van der Waals surface area (Å²) in [7, 11) is 1.81. The van der Waals surface area contributed by atoms with Crippen LogP contribution in [-0.4, -0.2) is 38.1 Å². The first-order valence-electron chi connectivity index (χ1n) is 14.0. The van der Waals surface area contributed by atoms with Crippen LogP contribution in [0, 0.1) is 17.0 Å². The maximum Gasteiger partial charge on any atom is 0.306 e. The van der Waals surface area contributed by atoms with Crippen molar-refractivity contribution in [2.75, 3.05) is 6.61 Å². The second kappa shape index (κ2) is 13.8. The Labute approximate surface area is 262 Å². The summed E-state index contributed by atoms with van der Waals surface area (Å²) in [4.78, 5) is 20.1. The molecule has 0 saturated carbocycles. The lowest BCUT2D eigenvalue weighted by molar-refractivity contribution is -0.143. The van der Waals surface area contributed by atoms with Crippen molar-refractivity contribution in [3.8, 4) is 51.9 Å². The number of phenolic OH excluding ortho intramolecular Hbond substituents is 1. The van der Waals surface area contributed by atoms with Gasteiger partial charge in [-0.2, -0.15) is 13.8 Å². The van der Waals surface area contributed by atoms with Crippen molar-refractivity contribution >= 4 is 11.8 Å². The van der Waals surface area contributed by atoms with Gasteiger partial charge in [-0.25, -0.2) is 4.98 Å². The number of esters is 1. The number of nitrogens with zero attached hydrogens (tertiary/aromatic N) is 3. The van der Waals surface area contributed by atoms with Crippen molar-refractivity contribution in [3.05, 3.63) is 102 Å². The molecule has 0 saturated heterocycles. The molecule has 0 amide bonds. The minimum atomic E-state index is -1.34. The van der Waals surface area contributed by atoms with Crippen LogP contribution in [0.5, 0.6) is 40.5 Å². The number of imidazole rings is 1. The normalized spacial score (nSPS) is 10.8. The molecule has 4 N–H and O–H groups in total. The summed E-state index contributed by atoms with van der Waals surface area (Å²) in [6.45, 7) is 1.96. The van der Waals surface area contributed by atoms with Crippen molar-refractivity contribution in [2.24, 2.45) is 12.8 Å². The summed E-state index contributed by atoms with van der Waals surface area (Å²) in [6.07, 6.45) is 3.79. The molecule has 0 aliphatic heterocycles. The zero-order valence-corrected chi connectivity index (χ0v) is 24.8. The number of amidine groups is 1. The lowest BCUT2D eigenvalue weighted by Gasteiger charge is -2.16. The van der Waals surface area contributed by atoms with E-state index < -0.39 is 34.9 Å². The molecule has 0 unspecified atom stereocenters. The smallest absolute Gasteiger partial charge is 0.306 e. The predicted octanol–water partition coefficient (Wildman–Crippen LogP) is 6.62. The van der Waals surface area contributed by atoms with Crippen LogP contribution in [0.15, 0.2) is 79.1 Å². The molecule has 5 aromatic rings. The average Bonchev–Trinajstić information content (AvgIpc) is 3.47. The molecule has 0 fully saturated rings. The minimum Gasteiger partial charge on any atom is -0.504 e. The number of hydrogen-bond donors (Lipinski definition) is 3. The van der Waals surface area contributed by atoms with Crippen LogP contribution in [-0.2, 0) is 23.0 Å². The van der Waals surface area contributed by atoms with Gasteiger partial charge in [0, 0.05) is 37.0 Å². The summed E-state index contributed by atoms with van der Waals surface area (Å²) in [6, 6.07) is 16.7. The number of aromatic hydroxyl groups is 1. The standard InChI is InChI=1S/C33H29F2N5O6/c1-3-43-26(42)13-10-19-6-4-8-22(16-19)44-29-27(34)32(45-23-9-5-7-21(17-23)31-38-14-15-40(31)2)39-33(28(29)35)46-25-18-20(30(36)37)11-12-24(25)41/h4-9,11-12,14-18,41H,3,10,13H2,1-2H3,(H3,36,37). The molecule has 236 valence electrons. The lowest BCUT2D eigenvalue weighted by Crippen LogP contribution is -2.11. The molecule has 0 radical (unpaired) electrons. The number of nitrogen functional groups attached to an aromatic ring is 1. The number of carbonyl (C=O) groups is 1. The summed E-state index contributed by atoms with van der Waals surface area (Å²) in [5.74, 6) is -5.60. The van der Waals surface area contributed by atoms with E-state index in [0.29, 0.717) is 23.4 Å². The van der Waals surface area contributed by atoms with Crippen LogP contribution >= 0.6 is 0 Å². The van der Waals surface area contributed by atoms with Gasteiger partial charge in [0.25, 0.3) is 11.8 Å². The second-order valence-corrected chi connectivity index (χ2v) is 9.92. The number of halogens is 2. The minimum absolute atomic E-state index is 0.0560. The summed E-state index contributed by atoms with van der Waals surface area (Å²) in [5.41, 5.74) is 7.04. The number of aryl methyl sites for hydroxylation is 2. The molecule has 0 spiro atoms. The van der Waals surface area contributed by atoms with Crippen LogP contribution in [0.2, 0.25) is 0 Å². The Hall–Kier alpha value is -5.98. The van der Waals surface area contributed by atoms with E-state index in [9.17, 15) is 9.90 Å². The molecule has 3 aromatic carbocycles. The highest BCUT2D eigenvalue weighted by molar-refractivity contribution is 5.95. The molecule has 0 bridgehead atoms. The number of nitrogens with two attached hydrogens (primary N) is 1. The van der Waals surface area contributed by atoms with E-state index in [1.165, 1.54) is 30.3 Å². The maximum atomic E-state index is 16.0. The Balaban J connectivity index is 1.53. The van der Waals surface area contributed by atoms with E-state index >= 15 is 8.78 Å². The zero-order valence-electron chi connectivity index (χ0n) is 24.8. The molecule has 13 heteroatoms. The summed E-state index contributed by atoms with van der Waals surface area (Å²) < 4.78 is 55.7. The number of rotatable bonds is 12. The Kier molecular flexibility index (Phi) is 9.41. The third-order valence-corrected chi connectivity index (χ3v) is 6.62. The van der Waals surface area contributed by atoms with Gasteiger partial charge >= 0.3 is 5.97 Å². The number of pyridine rings is 1. The SMILES string of the molecule is CCOC(=O)CCc1cccc(Oc2c(F)c(Oc3cccc(-c4nccn4C)c3)nc(Oc3cc(C(=N)N)ccc3O)c2F)c1. The Bertz CT molecular complexity index is 1910. The third kappa shape index (κ3) is 7.21. The van der Waals surface area contributed by atoms with E-state index in [1.54, 1.807) is 60.3 Å². The molecule has 11 nitrogen and oxygen atoms in total. The van der Waals surface area contributed by atoms with Gasteiger partial charge in [0.15, 0.2) is 11.5 Å². The van der Waals surface area contributed by atoms with Gasteiger partial charge in [0.1, 0.15) is 23.2 Å². The number of ether oxygens (including phenoxy) is 4. The first-order chi connectivity index (χ1) is 22.1. The fourth-order valence-electron chi connectivity index (χ4n) is 4.39. The quantitative estimate of drug-likeness (QED) is 0.0784. The maximum absolute atomic E-state index is 16.0. The first kappa shape index (κ1) is 31.4. The van der Waals surface area contributed by atoms with Crippen LogP contribution in [0.3, 0.4) is 0 Å². The average molecular weight is 630 g/mol. The zero-order chi connectivity index (χ0) is 32.8. The molecular weight excluding hydrogens is 600 g/mol. The molecule has 2 heterocycles. The Morgan fingerprint density at radius 2 is 1.70 bits per heavy atom. The van der Waals surface area contributed by atoms with Gasteiger partial charge in [-0.15, -0.1) is 0 Å². The number of carbonyl (C=O) groups excluding carboxylic acids is 1. The second-order valence-electron chi connectivity index (χ2n) is 9.92. The van der Waals surface area contributed by atoms with Gasteiger partial charge in [-0.1, -0.05) is 24.3 Å². The van der Waals surface area contributed by atoms with Crippen LogP contribution < -0.4 is 19.9 Å². The Morgan fingerprint density at radius 3 is 2.39 bits per heavy atom. The summed E-state index contributed by atoms with van der Waals surface area (Å²) >= 11 is 0. The largest absolute Gasteiger partial charge is 0.504 e. The highest BCUT2D eigenvalue weighted by atomic mass is 19.1.